The molecule has 1 N–H and O–H groups in total. The van der Waals surface area contributed by atoms with Crippen LogP contribution in [0.5, 0.6) is 0 Å². The summed E-state index contributed by atoms with van der Waals surface area (Å²) in [4.78, 5) is 18.2. The zero-order valence-electron chi connectivity index (χ0n) is 18.6. The van der Waals surface area contributed by atoms with Crippen molar-refractivity contribution in [2.45, 2.75) is 24.7 Å². The number of fused-ring (bicyclic) bond motifs is 1. The topological polar surface area (TPSA) is 73.0 Å². The van der Waals surface area contributed by atoms with E-state index >= 15 is 0 Å². The molecule has 0 aromatic heterocycles. The number of para-hydroxylation sites is 1. The Kier molecular flexibility index (Phi) is 7.37. The molecule has 0 radical (unpaired) electrons. The molecule has 0 atom stereocenters. The zero-order valence-corrected chi connectivity index (χ0v) is 21.0. The van der Waals surface area contributed by atoms with Crippen molar-refractivity contribution in [3.63, 3.8) is 0 Å². The fourth-order valence-corrected chi connectivity index (χ4v) is 6.51. The third-order valence-corrected chi connectivity index (χ3v) is 8.63. The molecule has 7 nitrogen and oxygen atoms in total. The van der Waals surface area contributed by atoms with Crippen LogP contribution in [0.15, 0.2) is 45.8 Å². The van der Waals surface area contributed by atoms with Crippen molar-refractivity contribution in [3.8, 4) is 0 Å². The smallest absolute Gasteiger partial charge is 0.241 e. The zero-order chi connectivity index (χ0) is 23.6. The summed E-state index contributed by atoms with van der Waals surface area (Å²) in [6.07, 6.45) is 1.09. The van der Waals surface area contributed by atoms with Gasteiger partial charge in [-0.15, -0.1) is 0 Å². The average Bonchev–Trinajstić information content (AvgIpc) is 3.21. The Balaban J connectivity index is 1.35. The summed E-state index contributed by atoms with van der Waals surface area (Å²) in [5, 5.41) is 0. The number of carbonyl (C=O) groups excluding carboxylic acids is 1. The van der Waals surface area contributed by atoms with E-state index in [2.05, 4.69) is 25.6 Å². The van der Waals surface area contributed by atoms with Crippen LogP contribution < -0.4 is 14.5 Å². The normalized spacial score (nSPS) is 16.8. The van der Waals surface area contributed by atoms with E-state index in [1.165, 1.54) is 6.07 Å². The van der Waals surface area contributed by atoms with Crippen molar-refractivity contribution in [3.05, 3.63) is 52.3 Å². The monoisotopic (exact) mass is 538 g/mol. The molecule has 0 spiro atoms. The minimum Gasteiger partial charge on any atom is -0.367 e. The van der Waals surface area contributed by atoms with Gasteiger partial charge in [0.2, 0.25) is 15.9 Å². The molecule has 33 heavy (non-hydrogen) atoms. The highest BCUT2D eigenvalue weighted by Crippen LogP contribution is 2.35. The number of rotatable bonds is 7. The molecule has 2 heterocycles. The molecule has 0 aliphatic carbocycles. The minimum atomic E-state index is -3.75. The van der Waals surface area contributed by atoms with Crippen LogP contribution in [0.2, 0.25) is 0 Å². The van der Waals surface area contributed by atoms with E-state index in [-0.39, 0.29) is 23.2 Å². The Morgan fingerprint density at radius 3 is 2.52 bits per heavy atom. The van der Waals surface area contributed by atoms with E-state index in [0.29, 0.717) is 54.9 Å². The van der Waals surface area contributed by atoms with Crippen molar-refractivity contribution >= 4 is 43.2 Å². The van der Waals surface area contributed by atoms with Crippen molar-refractivity contribution in [2.24, 2.45) is 0 Å². The maximum Gasteiger partial charge on any atom is 0.241 e. The van der Waals surface area contributed by atoms with E-state index in [4.69, 9.17) is 0 Å². The maximum absolute atomic E-state index is 14.0. The summed E-state index contributed by atoms with van der Waals surface area (Å²) in [6.45, 7) is 6.03. The Bertz CT molecular complexity index is 1140. The second kappa shape index (κ2) is 10.1. The van der Waals surface area contributed by atoms with Crippen molar-refractivity contribution in [2.75, 3.05) is 55.6 Å². The number of sulfonamides is 1. The molecule has 10 heteroatoms. The quantitative estimate of drug-likeness (QED) is 0.586. The first-order valence-corrected chi connectivity index (χ1v) is 13.4. The number of nitrogens with one attached hydrogen (secondary N) is 1. The summed E-state index contributed by atoms with van der Waals surface area (Å²) in [5.74, 6) is -0.236. The molecule has 1 fully saturated rings. The number of carbonyl (C=O) groups is 1. The van der Waals surface area contributed by atoms with Crippen molar-refractivity contribution in [1.82, 2.24) is 9.62 Å². The van der Waals surface area contributed by atoms with Gasteiger partial charge in [0, 0.05) is 62.4 Å². The van der Waals surface area contributed by atoms with E-state index < -0.39 is 10.0 Å². The molecule has 0 bridgehead atoms. The van der Waals surface area contributed by atoms with Gasteiger partial charge in [0.25, 0.3) is 0 Å². The predicted octanol–water partition coefficient (Wildman–Crippen LogP) is 2.99. The Morgan fingerprint density at radius 2 is 1.82 bits per heavy atom. The highest BCUT2D eigenvalue weighted by Gasteiger charge is 2.28. The maximum atomic E-state index is 14.0. The van der Waals surface area contributed by atoms with Crippen LogP contribution in [-0.2, 0) is 21.2 Å². The van der Waals surface area contributed by atoms with Crippen LogP contribution in [-0.4, -0.2) is 65.0 Å². The van der Waals surface area contributed by atoms with Gasteiger partial charge in [0.05, 0.1) is 10.6 Å². The van der Waals surface area contributed by atoms with Crippen LogP contribution in [0.25, 0.3) is 0 Å². The molecule has 2 aromatic rings. The molecule has 4 rings (SSSR count). The molecule has 1 amide bonds. The van der Waals surface area contributed by atoms with Gasteiger partial charge in [0.1, 0.15) is 5.82 Å². The summed E-state index contributed by atoms with van der Waals surface area (Å²) >= 11 is 3.39. The van der Waals surface area contributed by atoms with Gasteiger partial charge >= 0.3 is 0 Å². The van der Waals surface area contributed by atoms with Gasteiger partial charge in [-0.2, -0.15) is 0 Å². The number of nitrogens with zero attached hydrogens (tertiary/aromatic N) is 3. The summed E-state index contributed by atoms with van der Waals surface area (Å²) < 4.78 is 43.2. The molecule has 2 aliphatic rings. The molecule has 1 saturated heterocycles. The molecule has 0 saturated carbocycles. The molecule has 2 aliphatic heterocycles. The Labute approximate surface area is 202 Å². The number of amides is 1. The first-order valence-electron chi connectivity index (χ1n) is 11.1. The van der Waals surface area contributed by atoms with Gasteiger partial charge in [-0.1, -0.05) is 19.1 Å². The lowest BCUT2D eigenvalue weighted by Gasteiger charge is -2.36. The minimum absolute atomic E-state index is 0.0121. The highest BCUT2D eigenvalue weighted by atomic mass is 79.9. The second-order valence-corrected chi connectivity index (χ2v) is 10.8. The van der Waals surface area contributed by atoms with Crippen molar-refractivity contribution < 1.29 is 17.6 Å². The lowest BCUT2D eigenvalue weighted by Crippen LogP contribution is -2.48. The Hall–Kier alpha value is -2.01. The SMILES string of the molecule is CCC(=O)N1CCc2cc(Br)c(S(=O)(=O)NCCN3CCN(c4ccccc4F)CC3)cc21. The lowest BCUT2D eigenvalue weighted by molar-refractivity contribution is -0.118. The van der Waals surface area contributed by atoms with Crippen molar-refractivity contribution in [1.29, 1.82) is 0 Å². The van der Waals surface area contributed by atoms with Gasteiger partial charge in [-0.25, -0.2) is 17.5 Å². The fraction of sp³-hybridized carbons (Fsp3) is 0.435. The number of hydrogen-bond donors (Lipinski definition) is 1. The fourth-order valence-electron chi connectivity index (χ4n) is 4.38. The molecule has 2 aromatic carbocycles. The van der Waals surface area contributed by atoms with Crippen LogP contribution >= 0.6 is 15.9 Å². The number of benzene rings is 2. The standard InChI is InChI=1S/C23H28BrFN4O3S/c1-2-23(30)29-9-7-17-15-18(24)22(16-21(17)29)33(31,32)26-8-10-27-11-13-28(14-12-27)20-6-4-3-5-19(20)25/h3-6,15-16,26H,2,7-14H2,1H3. The molecular weight excluding hydrogens is 511 g/mol. The highest BCUT2D eigenvalue weighted by molar-refractivity contribution is 9.10. The third-order valence-electron chi connectivity index (χ3n) is 6.21. The first-order chi connectivity index (χ1) is 15.8. The molecule has 178 valence electrons. The molecule has 0 unspecified atom stereocenters. The van der Waals surface area contributed by atoms with Gasteiger partial charge < -0.3 is 9.80 Å². The van der Waals surface area contributed by atoms with E-state index in [9.17, 15) is 17.6 Å². The summed E-state index contributed by atoms with van der Waals surface area (Å²) in [6, 6.07) is 10.1. The van der Waals surface area contributed by atoms with Crippen LogP contribution in [0, 0.1) is 5.82 Å². The van der Waals surface area contributed by atoms with Gasteiger partial charge in [-0.05, 0) is 52.2 Å². The summed E-state index contributed by atoms with van der Waals surface area (Å²) in [7, 11) is -3.75. The largest absolute Gasteiger partial charge is 0.367 e. The summed E-state index contributed by atoms with van der Waals surface area (Å²) in [5.41, 5.74) is 2.25. The lowest BCUT2D eigenvalue weighted by atomic mass is 10.2. The van der Waals surface area contributed by atoms with Crippen LogP contribution in [0.4, 0.5) is 15.8 Å². The van der Waals surface area contributed by atoms with E-state index in [1.807, 2.05) is 11.0 Å². The number of piperazine rings is 1. The van der Waals surface area contributed by atoms with Crippen LogP contribution in [0.1, 0.15) is 18.9 Å². The van der Waals surface area contributed by atoms with Gasteiger partial charge in [0.15, 0.2) is 0 Å². The van der Waals surface area contributed by atoms with E-state index in [0.717, 1.165) is 18.7 Å². The Morgan fingerprint density at radius 1 is 1.09 bits per heavy atom. The predicted molar refractivity (Wildman–Crippen MR) is 131 cm³/mol. The second-order valence-electron chi connectivity index (χ2n) is 8.24. The van der Waals surface area contributed by atoms with Gasteiger partial charge in [-0.3, -0.25) is 9.69 Å². The molecular formula is C23H28BrFN4O3S. The first kappa shape index (κ1) is 24.1. The third kappa shape index (κ3) is 5.24. The number of hydrogen-bond acceptors (Lipinski definition) is 5. The van der Waals surface area contributed by atoms with E-state index in [1.54, 1.807) is 36.1 Å². The number of anilines is 2. The van der Waals surface area contributed by atoms with Crippen LogP contribution in [0.3, 0.4) is 0 Å². The number of halogens is 2. The average molecular weight is 539 g/mol.